The smallest absolute Gasteiger partial charge is 0.404 e. The van der Waals surface area contributed by atoms with Gasteiger partial charge in [0.2, 0.25) is 0 Å². The van der Waals surface area contributed by atoms with E-state index in [1.165, 1.54) is 15.8 Å². The minimum absolute atomic E-state index is 0.103. The highest BCUT2D eigenvalue weighted by atomic mass is 32.1. The fraction of sp³-hybridized carbons (Fsp3) is 0.500. The molecule has 94 valence electrons. The summed E-state index contributed by atoms with van der Waals surface area (Å²) in [7, 11) is -1.41. The number of nitrogens with zero attached hydrogens (tertiary/aromatic N) is 1. The molecule has 5 nitrogen and oxygen atoms in total. The van der Waals surface area contributed by atoms with Crippen LogP contribution in [-0.4, -0.2) is 36.6 Å². The molecule has 7 heteroatoms. The Morgan fingerprint density at radius 1 is 1.47 bits per heavy atom. The Balaban J connectivity index is 2.58. The van der Waals surface area contributed by atoms with E-state index in [1.54, 1.807) is 6.20 Å². The molecule has 1 aromatic heterocycles. The molecule has 0 saturated carbocycles. The Hall–Kier alpha value is -1.21. The van der Waals surface area contributed by atoms with E-state index in [-0.39, 0.29) is 18.7 Å². The molecule has 0 aliphatic carbocycles. The number of nitrogens with one attached hydrogen (secondary N) is 1. The number of Topliss-reactive ketones (excluding diaryl/α,β-unsaturated/α-hetero) is 1. The maximum atomic E-state index is 11.7. The molecular weight excluding hydrogens is 256 g/mol. The van der Waals surface area contributed by atoms with Crippen molar-refractivity contribution in [2.45, 2.75) is 26.1 Å². The number of hydrogen-bond donors (Lipinski definition) is 2. The van der Waals surface area contributed by atoms with E-state index in [0.717, 1.165) is 0 Å². The highest BCUT2D eigenvalue weighted by Gasteiger charge is 2.21. The molecule has 0 saturated heterocycles. The van der Waals surface area contributed by atoms with Crippen LogP contribution in [-0.2, 0) is 0 Å². The summed E-state index contributed by atoms with van der Waals surface area (Å²) in [6.07, 6.45) is 0.819. The lowest BCUT2D eigenvalue weighted by Gasteiger charge is -2.11. The van der Waals surface area contributed by atoms with Gasteiger partial charge in [0.05, 0.1) is 8.07 Å². The number of carbonyl (C=O) groups is 2. The van der Waals surface area contributed by atoms with Crippen LogP contribution in [0.5, 0.6) is 0 Å². The summed E-state index contributed by atoms with van der Waals surface area (Å²) in [5, 5.41) is 11.0. The van der Waals surface area contributed by atoms with Gasteiger partial charge in [0, 0.05) is 23.7 Å². The van der Waals surface area contributed by atoms with Crippen LogP contribution in [0.15, 0.2) is 6.20 Å². The predicted molar refractivity (Wildman–Crippen MR) is 70.1 cm³/mol. The quantitative estimate of drug-likeness (QED) is 0.629. The summed E-state index contributed by atoms with van der Waals surface area (Å²) < 4.78 is 1.19. The van der Waals surface area contributed by atoms with Crippen molar-refractivity contribution in [3.63, 3.8) is 0 Å². The van der Waals surface area contributed by atoms with E-state index < -0.39 is 14.2 Å². The van der Waals surface area contributed by atoms with Crippen LogP contribution in [0.25, 0.3) is 0 Å². The number of carbonyl (C=O) groups excluding carboxylic acids is 1. The number of ketones is 1. The van der Waals surface area contributed by atoms with Crippen LogP contribution in [0.1, 0.15) is 16.2 Å². The van der Waals surface area contributed by atoms with Crippen LogP contribution in [0.3, 0.4) is 0 Å². The van der Waals surface area contributed by atoms with Crippen molar-refractivity contribution in [3.05, 3.63) is 11.2 Å². The normalized spacial score (nSPS) is 11.2. The first-order valence-corrected chi connectivity index (χ1v) is 9.58. The topological polar surface area (TPSA) is 79.3 Å². The fourth-order valence-corrected chi connectivity index (χ4v) is 3.74. The molecule has 0 aliphatic heterocycles. The van der Waals surface area contributed by atoms with Gasteiger partial charge in [-0.25, -0.2) is 9.78 Å². The molecule has 0 fully saturated rings. The average molecular weight is 272 g/mol. The summed E-state index contributed by atoms with van der Waals surface area (Å²) >= 11 is 1.43. The van der Waals surface area contributed by atoms with Crippen molar-refractivity contribution in [1.82, 2.24) is 10.3 Å². The molecule has 17 heavy (non-hydrogen) atoms. The Morgan fingerprint density at radius 3 is 2.59 bits per heavy atom. The van der Waals surface area contributed by atoms with E-state index in [1.807, 2.05) is 0 Å². The number of rotatable bonds is 5. The molecule has 0 atom stereocenters. The van der Waals surface area contributed by atoms with Gasteiger partial charge >= 0.3 is 6.09 Å². The van der Waals surface area contributed by atoms with Gasteiger partial charge in [-0.2, -0.15) is 0 Å². The van der Waals surface area contributed by atoms with Crippen LogP contribution >= 0.6 is 11.3 Å². The Bertz CT molecular complexity index is 425. The first kappa shape index (κ1) is 13.9. The maximum absolute atomic E-state index is 11.7. The molecule has 0 aliphatic rings. The molecule has 0 unspecified atom stereocenters. The lowest BCUT2D eigenvalue weighted by molar-refractivity contribution is 0.0982. The summed E-state index contributed by atoms with van der Waals surface area (Å²) in [6, 6.07) is 0. The third-order valence-electron chi connectivity index (χ3n) is 2.11. The third-order valence-corrected chi connectivity index (χ3v) is 6.71. The van der Waals surface area contributed by atoms with Crippen molar-refractivity contribution in [1.29, 1.82) is 0 Å². The molecule has 1 heterocycles. The van der Waals surface area contributed by atoms with E-state index in [2.05, 4.69) is 29.9 Å². The molecular formula is C10H16N2O3SSi. The van der Waals surface area contributed by atoms with Crippen molar-refractivity contribution < 1.29 is 14.7 Å². The van der Waals surface area contributed by atoms with Crippen molar-refractivity contribution in [2.75, 3.05) is 6.54 Å². The Morgan fingerprint density at radius 2 is 2.12 bits per heavy atom. The SMILES string of the molecule is C[Si](C)(C)c1cnc(C(=O)CCNC(=O)O)s1. The zero-order chi connectivity index (χ0) is 13.1. The zero-order valence-electron chi connectivity index (χ0n) is 10.1. The lowest BCUT2D eigenvalue weighted by Crippen LogP contribution is -2.34. The molecule has 2 N–H and O–H groups in total. The van der Waals surface area contributed by atoms with E-state index >= 15 is 0 Å². The number of amides is 1. The minimum Gasteiger partial charge on any atom is -0.465 e. The number of aromatic nitrogens is 1. The minimum atomic E-state index is -1.41. The average Bonchev–Trinajstić information content (AvgIpc) is 2.64. The van der Waals surface area contributed by atoms with Gasteiger partial charge in [0.1, 0.15) is 0 Å². The number of thiazole rings is 1. The summed E-state index contributed by atoms with van der Waals surface area (Å²) in [5.41, 5.74) is 0. The molecule has 1 amide bonds. The van der Waals surface area contributed by atoms with Gasteiger partial charge in [-0.1, -0.05) is 19.6 Å². The van der Waals surface area contributed by atoms with Crippen LogP contribution < -0.4 is 9.82 Å². The van der Waals surface area contributed by atoms with Gasteiger partial charge in [0.25, 0.3) is 0 Å². The molecule has 0 spiro atoms. The highest BCUT2D eigenvalue weighted by Crippen LogP contribution is 2.11. The fourth-order valence-electron chi connectivity index (χ4n) is 1.14. The maximum Gasteiger partial charge on any atom is 0.404 e. The number of carboxylic acid groups (broad SMARTS) is 1. The molecule has 0 radical (unpaired) electrons. The molecule has 1 rings (SSSR count). The van der Waals surface area contributed by atoms with Gasteiger partial charge < -0.3 is 10.4 Å². The van der Waals surface area contributed by atoms with Crippen molar-refractivity contribution in [2.24, 2.45) is 0 Å². The third kappa shape index (κ3) is 4.27. The first-order valence-electron chi connectivity index (χ1n) is 5.27. The van der Waals surface area contributed by atoms with Crippen LogP contribution in [0.2, 0.25) is 19.6 Å². The van der Waals surface area contributed by atoms with E-state index in [4.69, 9.17) is 5.11 Å². The van der Waals surface area contributed by atoms with Crippen molar-refractivity contribution in [3.8, 4) is 0 Å². The second kappa shape index (κ2) is 5.41. The number of hydrogen-bond acceptors (Lipinski definition) is 4. The second-order valence-corrected chi connectivity index (χ2v) is 11.1. The van der Waals surface area contributed by atoms with Crippen LogP contribution in [0.4, 0.5) is 4.79 Å². The molecule has 0 bridgehead atoms. The Kier molecular flexibility index (Phi) is 4.41. The van der Waals surface area contributed by atoms with E-state index in [0.29, 0.717) is 5.01 Å². The Labute approximate surface area is 105 Å². The largest absolute Gasteiger partial charge is 0.465 e. The van der Waals surface area contributed by atoms with Crippen molar-refractivity contribution >= 4 is 35.8 Å². The monoisotopic (exact) mass is 272 g/mol. The van der Waals surface area contributed by atoms with Gasteiger partial charge in [-0.3, -0.25) is 4.79 Å². The summed E-state index contributed by atoms with van der Waals surface area (Å²) in [6.45, 7) is 6.72. The van der Waals surface area contributed by atoms with Gasteiger partial charge in [-0.15, -0.1) is 11.3 Å². The molecule has 1 aromatic rings. The first-order chi connectivity index (χ1) is 7.80. The van der Waals surface area contributed by atoms with Crippen LogP contribution in [0, 0.1) is 0 Å². The van der Waals surface area contributed by atoms with E-state index in [9.17, 15) is 9.59 Å². The van der Waals surface area contributed by atoms with Gasteiger partial charge in [-0.05, 0) is 0 Å². The zero-order valence-corrected chi connectivity index (χ0v) is 11.9. The lowest BCUT2D eigenvalue weighted by atomic mass is 10.3. The van der Waals surface area contributed by atoms with Gasteiger partial charge in [0.15, 0.2) is 10.8 Å². The summed E-state index contributed by atoms with van der Waals surface area (Å²) in [4.78, 5) is 26.0. The standard InChI is InChI=1S/C10H16N2O3SSi/c1-17(2,3)8-6-12-9(16-8)7(13)4-5-11-10(14)15/h6,11H,4-5H2,1-3H3,(H,14,15). The predicted octanol–water partition coefficient (Wildman–Crippen LogP) is 1.53. The summed E-state index contributed by atoms with van der Waals surface area (Å²) in [5.74, 6) is -0.103. The highest BCUT2D eigenvalue weighted by molar-refractivity contribution is 7.27. The molecule has 0 aromatic carbocycles. The second-order valence-electron chi connectivity index (χ2n) is 4.68.